The Labute approximate surface area is 122 Å². The van der Waals surface area contributed by atoms with Crippen LogP contribution in [-0.2, 0) is 0 Å². The zero-order valence-electron chi connectivity index (χ0n) is 12.5. The molecule has 1 aromatic carbocycles. The molecular formula is C18H24N2. The maximum absolute atomic E-state index is 4.93. The van der Waals surface area contributed by atoms with Gasteiger partial charge in [-0.15, -0.1) is 0 Å². The zero-order valence-corrected chi connectivity index (χ0v) is 12.5. The van der Waals surface area contributed by atoms with Crippen LogP contribution in [0.1, 0.15) is 43.2 Å². The van der Waals surface area contributed by atoms with Gasteiger partial charge in [-0.3, -0.25) is 4.99 Å². The maximum Gasteiger partial charge on any atom is 0.0647 e. The molecule has 106 valence electrons. The van der Waals surface area contributed by atoms with Crippen LogP contribution in [-0.4, -0.2) is 18.8 Å². The molecular weight excluding hydrogens is 244 g/mol. The number of nitrogens with zero attached hydrogens (tertiary/aromatic N) is 1. The van der Waals surface area contributed by atoms with Gasteiger partial charge in [0.05, 0.1) is 11.8 Å². The van der Waals surface area contributed by atoms with Crippen molar-refractivity contribution in [3.63, 3.8) is 0 Å². The Morgan fingerprint density at radius 1 is 1.40 bits per heavy atom. The number of rotatable bonds is 6. The zero-order chi connectivity index (χ0) is 14.5. The van der Waals surface area contributed by atoms with E-state index in [0.717, 1.165) is 24.3 Å². The number of hydrogen-bond donors (Lipinski definition) is 1. The monoisotopic (exact) mass is 268 g/mol. The van der Waals surface area contributed by atoms with Gasteiger partial charge in [0.15, 0.2) is 0 Å². The molecule has 0 radical (unpaired) electrons. The average molecular weight is 268 g/mol. The lowest BCUT2D eigenvalue weighted by Gasteiger charge is -2.31. The van der Waals surface area contributed by atoms with Gasteiger partial charge < -0.3 is 5.32 Å². The van der Waals surface area contributed by atoms with E-state index in [1.807, 2.05) is 13.1 Å². The topological polar surface area (TPSA) is 24.4 Å². The van der Waals surface area contributed by atoms with E-state index in [9.17, 15) is 0 Å². The minimum absolute atomic E-state index is 0.262. The van der Waals surface area contributed by atoms with Crippen molar-refractivity contribution < 1.29 is 0 Å². The third-order valence-corrected chi connectivity index (χ3v) is 4.01. The summed E-state index contributed by atoms with van der Waals surface area (Å²) in [5.41, 5.74) is 4.71. The van der Waals surface area contributed by atoms with E-state index in [-0.39, 0.29) is 6.04 Å². The van der Waals surface area contributed by atoms with Crippen LogP contribution in [0.2, 0.25) is 0 Å². The lowest BCUT2D eigenvalue weighted by molar-refractivity contribution is 0.481. The number of hydrogen-bond acceptors (Lipinski definition) is 2. The van der Waals surface area contributed by atoms with Crippen molar-refractivity contribution >= 4 is 5.71 Å². The molecule has 0 spiro atoms. The lowest BCUT2D eigenvalue weighted by Crippen LogP contribution is -2.27. The van der Waals surface area contributed by atoms with E-state index < -0.39 is 0 Å². The number of fused-ring (bicyclic) bond motifs is 1. The second-order valence-corrected chi connectivity index (χ2v) is 5.33. The van der Waals surface area contributed by atoms with Crippen LogP contribution in [0.3, 0.4) is 0 Å². The summed E-state index contributed by atoms with van der Waals surface area (Å²) in [7, 11) is 1.92. The summed E-state index contributed by atoms with van der Waals surface area (Å²) >= 11 is 0. The Hall–Kier alpha value is -1.83. The third kappa shape index (κ3) is 2.84. The molecule has 1 heterocycles. The number of nitrogens with one attached hydrogen (secondary N) is 1. The minimum atomic E-state index is 0.262. The molecule has 1 aliphatic heterocycles. The second kappa shape index (κ2) is 6.56. The summed E-state index contributed by atoms with van der Waals surface area (Å²) in [4.78, 5) is 4.93. The average Bonchev–Trinajstić information content (AvgIpc) is 2.49. The first kappa shape index (κ1) is 14.6. The summed E-state index contributed by atoms with van der Waals surface area (Å²) < 4.78 is 0. The van der Waals surface area contributed by atoms with Crippen LogP contribution in [0.4, 0.5) is 0 Å². The fraction of sp³-hybridized carbons (Fsp3) is 0.389. The third-order valence-electron chi connectivity index (χ3n) is 4.01. The Morgan fingerprint density at radius 2 is 2.15 bits per heavy atom. The Kier molecular flexibility index (Phi) is 4.78. The molecule has 0 aliphatic carbocycles. The molecule has 2 rings (SSSR count). The minimum Gasteiger partial charge on any atom is -0.392 e. The number of allylic oxidation sites excluding steroid dienone is 1. The van der Waals surface area contributed by atoms with Gasteiger partial charge in [-0.25, -0.2) is 0 Å². The van der Waals surface area contributed by atoms with E-state index in [1.54, 1.807) is 0 Å². The molecule has 0 bridgehead atoms. The predicted molar refractivity (Wildman–Crippen MR) is 87.4 cm³/mol. The molecule has 0 aromatic heterocycles. The number of aliphatic imine (C=N–C) groups is 1. The second-order valence-electron chi connectivity index (χ2n) is 5.33. The molecule has 0 saturated carbocycles. The van der Waals surface area contributed by atoms with Crippen LogP contribution in [0.15, 0.2) is 54.2 Å². The molecule has 2 unspecified atom stereocenters. The van der Waals surface area contributed by atoms with Crippen LogP contribution < -0.4 is 5.32 Å². The summed E-state index contributed by atoms with van der Waals surface area (Å²) in [6, 6.07) is 8.85. The normalized spacial score (nSPS) is 20.8. The predicted octanol–water partition coefficient (Wildman–Crippen LogP) is 4.05. The summed E-state index contributed by atoms with van der Waals surface area (Å²) in [6.07, 6.45) is 5.08. The molecule has 2 atom stereocenters. The van der Waals surface area contributed by atoms with Crippen LogP contribution in [0.5, 0.6) is 0 Å². The van der Waals surface area contributed by atoms with Crippen LogP contribution in [0, 0.1) is 0 Å². The fourth-order valence-corrected chi connectivity index (χ4v) is 2.96. The highest BCUT2D eigenvalue weighted by Crippen LogP contribution is 2.36. The molecule has 1 aromatic rings. The van der Waals surface area contributed by atoms with Crippen LogP contribution in [0.25, 0.3) is 0 Å². The Balaban J connectivity index is 2.41. The number of benzene rings is 1. The van der Waals surface area contributed by atoms with Crippen molar-refractivity contribution in [2.45, 2.75) is 38.1 Å². The van der Waals surface area contributed by atoms with Gasteiger partial charge in [-0.05, 0) is 18.1 Å². The Morgan fingerprint density at radius 3 is 2.80 bits per heavy atom. The van der Waals surface area contributed by atoms with Gasteiger partial charge >= 0.3 is 0 Å². The molecule has 1 N–H and O–H groups in total. The quantitative estimate of drug-likeness (QED) is 0.827. The maximum atomic E-state index is 4.93. The molecule has 2 nitrogen and oxygen atoms in total. The van der Waals surface area contributed by atoms with Crippen molar-refractivity contribution in [1.29, 1.82) is 0 Å². The van der Waals surface area contributed by atoms with E-state index in [0.29, 0.717) is 5.92 Å². The van der Waals surface area contributed by atoms with Gasteiger partial charge in [0.2, 0.25) is 0 Å². The highest BCUT2D eigenvalue weighted by atomic mass is 14.9. The van der Waals surface area contributed by atoms with Gasteiger partial charge in [0, 0.05) is 30.6 Å². The fourth-order valence-electron chi connectivity index (χ4n) is 2.96. The lowest BCUT2D eigenvalue weighted by atomic mass is 9.80. The van der Waals surface area contributed by atoms with Crippen molar-refractivity contribution in [2.75, 3.05) is 7.05 Å². The summed E-state index contributed by atoms with van der Waals surface area (Å²) in [5, 5.41) is 3.14. The van der Waals surface area contributed by atoms with Gasteiger partial charge in [-0.1, -0.05) is 50.8 Å². The largest absolute Gasteiger partial charge is 0.392 e. The van der Waals surface area contributed by atoms with E-state index in [2.05, 4.69) is 49.7 Å². The highest BCUT2D eigenvalue weighted by molar-refractivity contribution is 6.10. The Bertz CT molecular complexity index is 528. The van der Waals surface area contributed by atoms with Crippen molar-refractivity contribution in [2.24, 2.45) is 4.99 Å². The van der Waals surface area contributed by atoms with E-state index in [1.165, 1.54) is 17.5 Å². The summed E-state index contributed by atoms with van der Waals surface area (Å²) in [5.74, 6) is 0.477. The highest BCUT2D eigenvalue weighted by Gasteiger charge is 2.29. The van der Waals surface area contributed by atoms with Gasteiger partial charge in [-0.2, -0.15) is 0 Å². The molecule has 1 aliphatic rings. The SMILES string of the molecule is C=CC1=NC(CC(=C)NC)C(CCC)c2ccccc21. The molecule has 0 amide bonds. The first-order valence-corrected chi connectivity index (χ1v) is 7.36. The summed E-state index contributed by atoms with van der Waals surface area (Å²) in [6.45, 7) is 10.2. The first-order valence-electron chi connectivity index (χ1n) is 7.36. The molecule has 0 fully saturated rings. The smallest absolute Gasteiger partial charge is 0.0647 e. The van der Waals surface area contributed by atoms with E-state index in [4.69, 9.17) is 4.99 Å². The van der Waals surface area contributed by atoms with E-state index >= 15 is 0 Å². The van der Waals surface area contributed by atoms with Crippen molar-refractivity contribution in [3.8, 4) is 0 Å². The van der Waals surface area contributed by atoms with Crippen molar-refractivity contribution in [1.82, 2.24) is 5.32 Å². The molecule has 0 saturated heterocycles. The standard InChI is InChI=1S/C18H24N2/c1-5-9-15-14-10-7-8-11-16(14)17(6-2)20-18(15)12-13(3)19-4/h6-8,10-11,15,18-19H,2-3,5,9,12H2,1,4H3. The van der Waals surface area contributed by atoms with Crippen LogP contribution >= 0.6 is 0 Å². The first-order chi connectivity index (χ1) is 9.71. The van der Waals surface area contributed by atoms with Gasteiger partial charge in [0.1, 0.15) is 0 Å². The van der Waals surface area contributed by atoms with Gasteiger partial charge in [0.25, 0.3) is 0 Å². The molecule has 2 heteroatoms. The van der Waals surface area contributed by atoms with Crippen molar-refractivity contribution in [3.05, 3.63) is 60.3 Å². The molecule has 20 heavy (non-hydrogen) atoms.